The van der Waals surface area contributed by atoms with E-state index >= 15 is 0 Å². The van der Waals surface area contributed by atoms with Gasteiger partial charge in [0.1, 0.15) is 0 Å². The fourth-order valence-electron chi connectivity index (χ4n) is 1.46. The lowest BCUT2D eigenvalue weighted by Gasteiger charge is -2.01. The molecule has 0 saturated heterocycles. The summed E-state index contributed by atoms with van der Waals surface area (Å²) in [5, 5.41) is 0. The largest absolute Gasteiger partial charge is 0.412 e. The second-order valence-electron chi connectivity index (χ2n) is 3.31. The Hall–Kier alpha value is -1.84. The number of nitrogens with two attached hydrogens (primary N) is 1. The van der Waals surface area contributed by atoms with Crippen molar-refractivity contribution in [2.24, 2.45) is 5.73 Å². The maximum Gasteiger partial charge on any atom is 0.248 e. The van der Waals surface area contributed by atoms with E-state index in [1.165, 1.54) is 0 Å². The summed E-state index contributed by atoms with van der Waals surface area (Å²) in [5.74, 6) is -0.394. The van der Waals surface area contributed by atoms with Crippen molar-refractivity contribution in [2.45, 2.75) is 0 Å². The van der Waals surface area contributed by atoms with E-state index in [1.807, 2.05) is 42.5 Å². The second-order valence-corrected chi connectivity index (χ2v) is 3.31. The molecule has 0 saturated carbocycles. The van der Waals surface area contributed by atoms with Gasteiger partial charge in [0.2, 0.25) is 5.91 Å². The van der Waals surface area contributed by atoms with Crippen molar-refractivity contribution in [3.63, 3.8) is 0 Å². The zero-order valence-electron chi connectivity index (χ0n) is 9.09. The monoisotopic (exact) mass is 251 g/mol. The Bertz CT molecular complexity index is 469. The van der Waals surface area contributed by atoms with Crippen LogP contribution >= 0.6 is 12.4 Å². The van der Waals surface area contributed by atoms with Crippen molar-refractivity contribution in [1.29, 1.82) is 0 Å². The highest BCUT2D eigenvalue weighted by Crippen LogP contribution is 2.18. The van der Waals surface area contributed by atoms with Crippen LogP contribution in [0.15, 0.2) is 54.6 Å². The number of amides is 1. The average Bonchev–Trinajstić information content (AvgIpc) is 2.30. The van der Waals surface area contributed by atoms with E-state index in [2.05, 4.69) is 0 Å². The van der Waals surface area contributed by atoms with Gasteiger partial charge < -0.3 is 11.2 Å². The van der Waals surface area contributed by atoms with Crippen LogP contribution in [0.4, 0.5) is 0 Å². The van der Waals surface area contributed by atoms with E-state index in [0.29, 0.717) is 5.56 Å². The predicted octanol–water partition coefficient (Wildman–Crippen LogP) is 2.05. The number of hydrogen-bond donors (Lipinski definition) is 1. The Morgan fingerprint density at radius 2 is 1.29 bits per heavy atom. The number of primary amides is 1. The zero-order valence-corrected chi connectivity index (χ0v) is 9.91. The summed E-state index contributed by atoms with van der Waals surface area (Å²) in [7, 11) is 0. The lowest BCUT2D eigenvalue weighted by atomic mass is 10.0. The first kappa shape index (κ1) is 15.2. The van der Waals surface area contributed by atoms with Crippen molar-refractivity contribution in [3.05, 3.63) is 60.2 Å². The van der Waals surface area contributed by atoms with Gasteiger partial charge in [-0.3, -0.25) is 4.79 Å². The average molecular weight is 252 g/mol. The molecule has 2 aromatic rings. The molecule has 3 nitrogen and oxygen atoms in total. The summed E-state index contributed by atoms with van der Waals surface area (Å²) in [6, 6.07) is 17.3. The van der Waals surface area contributed by atoms with Crippen LogP contribution in [0.2, 0.25) is 0 Å². The molecular formula is C13H14ClNO2. The lowest BCUT2D eigenvalue weighted by Crippen LogP contribution is -2.10. The Morgan fingerprint density at radius 3 is 1.76 bits per heavy atom. The standard InChI is InChI=1S/C13H11NO.ClH.H2O/c14-13(15)12-8-6-11(7-9-12)10-4-2-1-3-5-10;;/h1-9H,(H2,14,15);1H;1H2. The van der Waals surface area contributed by atoms with Crippen molar-refractivity contribution >= 4 is 18.3 Å². The van der Waals surface area contributed by atoms with E-state index in [4.69, 9.17) is 5.73 Å². The van der Waals surface area contributed by atoms with Crippen LogP contribution in [0.1, 0.15) is 10.4 Å². The molecular weight excluding hydrogens is 238 g/mol. The summed E-state index contributed by atoms with van der Waals surface area (Å²) in [6.45, 7) is 0. The molecule has 0 aliphatic rings. The molecule has 0 unspecified atom stereocenters. The number of halogens is 1. The molecule has 0 aliphatic heterocycles. The predicted molar refractivity (Wildman–Crippen MR) is 71.3 cm³/mol. The molecule has 0 aromatic heterocycles. The maximum atomic E-state index is 10.9. The number of carbonyl (C=O) groups excluding carboxylic acids is 1. The number of benzene rings is 2. The molecule has 0 fully saturated rings. The van der Waals surface area contributed by atoms with Gasteiger partial charge in [-0.25, -0.2) is 0 Å². The molecule has 90 valence electrons. The van der Waals surface area contributed by atoms with Crippen LogP contribution in [-0.2, 0) is 0 Å². The quantitative estimate of drug-likeness (QED) is 0.872. The van der Waals surface area contributed by atoms with Gasteiger partial charge in [-0.05, 0) is 23.3 Å². The molecule has 2 aromatic carbocycles. The fraction of sp³-hybridized carbons (Fsp3) is 0. The first-order valence-corrected chi connectivity index (χ1v) is 4.72. The minimum Gasteiger partial charge on any atom is -0.412 e. The van der Waals surface area contributed by atoms with Crippen LogP contribution in [0.3, 0.4) is 0 Å². The molecule has 0 aliphatic carbocycles. The molecule has 4 heteroatoms. The Kier molecular flexibility index (Phi) is 5.96. The normalized spacial score (nSPS) is 8.71. The van der Waals surface area contributed by atoms with Crippen LogP contribution < -0.4 is 5.73 Å². The fourth-order valence-corrected chi connectivity index (χ4v) is 1.46. The molecule has 1 amide bonds. The lowest BCUT2D eigenvalue weighted by molar-refractivity contribution is 0.100. The van der Waals surface area contributed by atoms with Crippen LogP contribution in [0.5, 0.6) is 0 Å². The second kappa shape index (κ2) is 6.68. The molecule has 0 spiro atoms. The van der Waals surface area contributed by atoms with Crippen LogP contribution in [0, 0.1) is 0 Å². The van der Waals surface area contributed by atoms with Crippen molar-refractivity contribution in [3.8, 4) is 11.1 Å². The van der Waals surface area contributed by atoms with Gasteiger partial charge in [-0.1, -0.05) is 42.5 Å². The minimum absolute atomic E-state index is 0. The smallest absolute Gasteiger partial charge is 0.248 e. The molecule has 2 rings (SSSR count). The van der Waals surface area contributed by atoms with E-state index in [-0.39, 0.29) is 17.9 Å². The number of rotatable bonds is 2. The third-order valence-electron chi connectivity index (χ3n) is 2.28. The molecule has 17 heavy (non-hydrogen) atoms. The maximum absolute atomic E-state index is 10.9. The summed E-state index contributed by atoms with van der Waals surface area (Å²) in [5.41, 5.74) is 7.92. The SMILES string of the molecule is Cl.NC(=O)c1ccc(-c2ccccc2)cc1.O. The van der Waals surface area contributed by atoms with Gasteiger partial charge in [-0.2, -0.15) is 0 Å². The van der Waals surface area contributed by atoms with Gasteiger partial charge in [0.25, 0.3) is 0 Å². The molecule has 0 heterocycles. The minimum atomic E-state index is -0.394. The molecule has 0 atom stereocenters. The topological polar surface area (TPSA) is 74.6 Å². The van der Waals surface area contributed by atoms with Crippen molar-refractivity contribution < 1.29 is 10.3 Å². The van der Waals surface area contributed by atoms with Gasteiger partial charge in [-0.15, -0.1) is 12.4 Å². The zero-order chi connectivity index (χ0) is 10.7. The number of carbonyl (C=O) groups is 1. The van der Waals surface area contributed by atoms with Crippen LogP contribution in [-0.4, -0.2) is 11.4 Å². The first-order chi connectivity index (χ1) is 7.27. The highest BCUT2D eigenvalue weighted by atomic mass is 35.5. The highest BCUT2D eigenvalue weighted by Gasteiger charge is 2.00. The van der Waals surface area contributed by atoms with Crippen molar-refractivity contribution in [2.75, 3.05) is 0 Å². The van der Waals surface area contributed by atoms with E-state index in [0.717, 1.165) is 11.1 Å². The Balaban J connectivity index is 0.00000128. The Morgan fingerprint density at radius 1 is 0.824 bits per heavy atom. The van der Waals surface area contributed by atoms with E-state index in [1.54, 1.807) is 12.1 Å². The van der Waals surface area contributed by atoms with Crippen LogP contribution in [0.25, 0.3) is 11.1 Å². The first-order valence-electron chi connectivity index (χ1n) is 4.72. The third-order valence-corrected chi connectivity index (χ3v) is 2.28. The molecule has 4 N–H and O–H groups in total. The summed E-state index contributed by atoms with van der Waals surface area (Å²) < 4.78 is 0. The van der Waals surface area contributed by atoms with E-state index in [9.17, 15) is 4.79 Å². The van der Waals surface area contributed by atoms with Gasteiger partial charge in [0, 0.05) is 5.56 Å². The van der Waals surface area contributed by atoms with Crippen molar-refractivity contribution in [1.82, 2.24) is 0 Å². The van der Waals surface area contributed by atoms with E-state index < -0.39 is 5.91 Å². The summed E-state index contributed by atoms with van der Waals surface area (Å²) >= 11 is 0. The highest BCUT2D eigenvalue weighted by molar-refractivity contribution is 5.93. The number of hydrogen-bond acceptors (Lipinski definition) is 1. The molecule has 0 radical (unpaired) electrons. The van der Waals surface area contributed by atoms with Gasteiger partial charge >= 0.3 is 0 Å². The summed E-state index contributed by atoms with van der Waals surface area (Å²) in [6.07, 6.45) is 0. The van der Waals surface area contributed by atoms with Gasteiger partial charge in [0.05, 0.1) is 0 Å². The Labute approximate surface area is 106 Å². The molecule has 0 bridgehead atoms. The summed E-state index contributed by atoms with van der Waals surface area (Å²) in [4.78, 5) is 10.9. The van der Waals surface area contributed by atoms with Gasteiger partial charge in [0.15, 0.2) is 0 Å². The third kappa shape index (κ3) is 3.59.